The Morgan fingerprint density at radius 1 is 0.953 bits per heavy atom. The zero-order chi connectivity index (χ0) is 31.9. The van der Waals surface area contributed by atoms with Gasteiger partial charge in [0.25, 0.3) is 5.56 Å². The van der Waals surface area contributed by atoms with Crippen molar-refractivity contribution in [1.82, 2.24) is 20.6 Å². The summed E-state index contributed by atoms with van der Waals surface area (Å²) in [6, 6.07) is -0.458. The number of carbonyl (C=O) groups is 2. The lowest BCUT2D eigenvalue weighted by atomic mass is 9.62. The highest BCUT2D eigenvalue weighted by Crippen LogP contribution is 2.45. The summed E-state index contributed by atoms with van der Waals surface area (Å²) in [7, 11) is 0. The maximum atomic E-state index is 13.0. The third kappa shape index (κ3) is 14.2. The molecule has 246 valence electrons. The molecule has 0 saturated heterocycles. The topological polar surface area (TPSA) is 125 Å². The van der Waals surface area contributed by atoms with E-state index in [0.717, 1.165) is 32.1 Å². The summed E-state index contributed by atoms with van der Waals surface area (Å²) in [6.07, 6.45) is 17.0. The number of ether oxygens (including phenoxy) is 1. The number of carbonyl (C=O) groups excluding carboxylic acids is 2. The van der Waals surface area contributed by atoms with Gasteiger partial charge in [0, 0.05) is 23.8 Å². The molecule has 4 N–H and O–H groups in total. The van der Waals surface area contributed by atoms with E-state index in [0.29, 0.717) is 30.3 Å². The van der Waals surface area contributed by atoms with Gasteiger partial charge in [-0.15, -0.1) is 0 Å². The highest BCUT2D eigenvalue weighted by molar-refractivity contribution is 5.87. The number of unbranched alkanes of at least 4 members (excludes halogenated alkanes) is 8. The van der Waals surface area contributed by atoms with Crippen molar-refractivity contribution < 1.29 is 14.3 Å². The van der Waals surface area contributed by atoms with Crippen molar-refractivity contribution in [3.8, 4) is 0 Å². The van der Waals surface area contributed by atoms with Crippen LogP contribution in [0.2, 0.25) is 0 Å². The van der Waals surface area contributed by atoms with Crippen LogP contribution in [0.5, 0.6) is 0 Å². The van der Waals surface area contributed by atoms with Crippen LogP contribution in [0.25, 0.3) is 0 Å². The first kappa shape index (κ1) is 36.6. The Hall–Kier alpha value is -2.58. The lowest BCUT2D eigenvalue weighted by Gasteiger charge is -2.46. The van der Waals surface area contributed by atoms with E-state index in [-0.39, 0.29) is 34.5 Å². The molecule has 9 nitrogen and oxygen atoms in total. The van der Waals surface area contributed by atoms with E-state index in [1.807, 2.05) is 0 Å². The number of H-pyrrole nitrogens is 1. The van der Waals surface area contributed by atoms with Gasteiger partial charge in [-0.3, -0.25) is 10.1 Å². The third-order valence-corrected chi connectivity index (χ3v) is 8.96. The number of nitrogens with zero attached hydrogens (tertiary/aromatic N) is 1. The number of hydrogen-bond donors (Lipinski definition) is 4. The van der Waals surface area contributed by atoms with Crippen LogP contribution in [0.15, 0.2) is 4.79 Å². The highest BCUT2D eigenvalue weighted by Gasteiger charge is 2.42. The SMILES string of the molecule is CCCCCCCCC(CCCCCC)COC(=O)NC1CC(C)(C)CC(C)(CNC(=O)Nc2nc(=O)c(C)c(C)[nH]2)C1. The van der Waals surface area contributed by atoms with Crippen LogP contribution in [-0.2, 0) is 4.74 Å². The fourth-order valence-electron chi connectivity index (χ4n) is 6.81. The van der Waals surface area contributed by atoms with E-state index < -0.39 is 6.03 Å². The molecule has 3 unspecified atom stereocenters. The lowest BCUT2D eigenvalue weighted by molar-refractivity contribution is 0.0635. The van der Waals surface area contributed by atoms with Gasteiger partial charge in [0.1, 0.15) is 0 Å². The molecule has 1 saturated carbocycles. The summed E-state index contributed by atoms with van der Waals surface area (Å²) >= 11 is 0. The Kier molecular flexibility index (Phi) is 15.6. The summed E-state index contributed by atoms with van der Waals surface area (Å²) in [5, 5.41) is 8.75. The van der Waals surface area contributed by atoms with Gasteiger partial charge in [-0.05, 0) is 62.7 Å². The molecule has 0 radical (unpaired) electrons. The van der Waals surface area contributed by atoms with Gasteiger partial charge in [0.2, 0.25) is 5.95 Å². The van der Waals surface area contributed by atoms with Crippen molar-refractivity contribution >= 4 is 18.1 Å². The van der Waals surface area contributed by atoms with Crippen LogP contribution >= 0.6 is 0 Å². The second-order valence-corrected chi connectivity index (χ2v) is 14.2. The Balaban J connectivity index is 1.87. The van der Waals surface area contributed by atoms with Gasteiger partial charge in [-0.25, -0.2) is 9.59 Å². The van der Waals surface area contributed by atoms with Gasteiger partial charge < -0.3 is 20.4 Å². The third-order valence-electron chi connectivity index (χ3n) is 8.96. The first-order chi connectivity index (χ1) is 20.4. The summed E-state index contributed by atoms with van der Waals surface area (Å²) in [5.41, 5.74) is 0.602. The molecule has 3 amide bonds. The van der Waals surface area contributed by atoms with Crippen molar-refractivity contribution in [2.24, 2.45) is 16.7 Å². The number of alkyl carbamates (subject to hydrolysis) is 1. The molecule has 0 bridgehead atoms. The minimum Gasteiger partial charge on any atom is -0.449 e. The molecule has 1 aromatic heterocycles. The van der Waals surface area contributed by atoms with Gasteiger partial charge >= 0.3 is 12.1 Å². The van der Waals surface area contributed by atoms with E-state index >= 15 is 0 Å². The van der Waals surface area contributed by atoms with Gasteiger partial charge in [0.15, 0.2) is 0 Å². The number of aromatic nitrogens is 2. The van der Waals surface area contributed by atoms with Crippen LogP contribution in [0.1, 0.15) is 142 Å². The molecule has 0 spiro atoms. The van der Waals surface area contributed by atoms with Crippen LogP contribution in [-0.4, -0.2) is 41.3 Å². The number of aromatic amines is 1. The van der Waals surface area contributed by atoms with Crippen molar-refractivity contribution in [2.75, 3.05) is 18.5 Å². The summed E-state index contributed by atoms with van der Waals surface area (Å²) < 4.78 is 5.82. The lowest BCUT2D eigenvalue weighted by Crippen LogP contribution is -2.51. The van der Waals surface area contributed by atoms with E-state index in [1.54, 1.807) is 13.8 Å². The number of anilines is 1. The van der Waals surface area contributed by atoms with E-state index in [1.165, 1.54) is 64.2 Å². The number of aryl methyl sites for hydroxylation is 1. The average Bonchev–Trinajstić information content (AvgIpc) is 2.92. The van der Waals surface area contributed by atoms with Crippen molar-refractivity contribution in [3.05, 3.63) is 21.6 Å². The van der Waals surface area contributed by atoms with Crippen LogP contribution in [0.3, 0.4) is 0 Å². The Morgan fingerprint density at radius 3 is 2.19 bits per heavy atom. The number of nitrogens with one attached hydrogen (secondary N) is 4. The molecule has 1 heterocycles. The van der Waals surface area contributed by atoms with E-state index in [4.69, 9.17) is 4.74 Å². The minimum absolute atomic E-state index is 0.0104. The second kappa shape index (κ2) is 18.3. The molecule has 9 heteroatoms. The smallest absolute Gasteiger partial charge is 0.407 e. The fraction of sp³-hybridized carbons (Fsp3) is 0.824. The Labute approximate surface area is 260 Å². The van der Waals surface area contributed by atoms with Crippen LogP contribution < -0.4 is 21.5 Å². The predicted octanol–water partition coefficient (Wildman–Crippen LogP) is 8.16. The summed E-state index contributed by atoms with van der Waals surface area (Å²) in [6.45, 7) is 15.4. The molecule has 1 fully saturated rings. The van der Waals surface area contributed by atoms with Gasteiger partial charge in [0.05, 0.1) is 6.61 Å². The standard InChI is InChI=1S/C34H61N5O4/c1-8-10-12-14-15-17-19-27(18-16-13-11-9-2)22-43-32(42)37-28-20-33(5,6)23-34(7,21-28)24-35-31(41)39-30-36-26(4)25(3)29(40)38-30/h27-28H,8-24H2,1-7H3,(H,37,42)(H3,35,36,38,39,40,41). The Morgan fingerprint density at radius 2 is 1.56 bits per heavy atom. The predicted molar refractivity (Wildman–Crippen MR) is 176 cm³/mol. The number of urea groups is 1. The molecule has 1 aliphatic rings. The molecule has 43 heavy (non-hydrogen) atoms. The zero-order valence-electron chi connectivity index (χ0n) is 28.3. The van der Waals surface area contributed by atoms with Gasteiger partial charge in [-0.1, -0.05) is 98.8 Å². The maximum absolute atomic E-state index is 13.0. The van der Waals surface area contributed by atoms with Crippen molar-refractivity contribution in [3.63, 3.8) is 0 Å². The summed E-state index contributed by atoms with van der Waals surface area (Å²) in [4.78, 5) is 44.4. The van der Waals surface area contributed by atoms with E-state index in [9.17, 15) is 14.4 Å². The molecular formula is C34H61N5O4. The Bertz CT molecular complexity index is 1060. The van der Waals surface area contributed by atoms with Crippen molar-refractivity contribution in [2.45, 2.75) is 151 Å². The van der Waals surface area contributed by atoms with Crippen molar-refractivity contribution in [1.29, 1.82) is 0 Å². The molecule has 1 aromatic rings. The monoisotopic (exact) mass is 603 g/mol. The molecule has 0 aromatic carbocycles. The largest absolute Gasteiger partial charge is 0.449 e. The highest BCUT2D eigenvalue weighted by atomic mass is 16.5. The molecular weight excluding hydrogens is 542 g/mol. The quantitative estimate of drug-likeness (QED) is 0.126. The first-order valence-electron chi connectivity index (χ1n) is 16.9. The molecule has 3 atom stereocenters. The number of amides is 3. The van der Waals surface area contributed by atoms with Crippen LogP contribution in [0, 0.1) is 30.6 Å². The number of rotatable bonds is 18. The average molecular weight is 604 g/mol. The minimum atomic E-state index is -0.421. The van der Waals surface area contributed by atoms with Gasteiger partial charge in [-0.2, -0.15) is 4.98 Å². The maximum Gasteiger partial charge on any atom is 0.407 e. The molecule has 1 aliphatic carbocycles. The molecule has 0 aliphatic heterocycles. The normalized spacial score (nSPS) is 20.3. The first-order valence-corrected chi connectivity index (χ1v) is 16.9. The zero-order valence-corrected chi connectivity index (χ0v) is 28.3. The molecule has 2 rings (SSSR count). The summed E-state index contributed by atoms with van der Waals surface area (Å²) in [5.74, 6) is 0.550. The van der Waals surface area contributed by atoms with Crippen LogP contribution in [0.4, 0.5) is 15.5 Å². The van der Waals surface area contributed by atoms with E-state index in [2.05, 4.69) is 60.5 Å². The second-order valence-electron chi connectivity index (χ2n) is 14.2. The fourth-order valence-corrected chi connectivity index (χ4v) is 6.81. The number of hydrogen-bond acceptors (Lipinski definition) is 5.